The Morgan fingerprint density at radius 3 is 2.70 bits per heavy atom. The highest BCUT2D eigenvalue weighted by atomic mass is 16.5. The van der Waals surface area contributed by atoms with E-state index < -0.39 is 0 Å². The monoisotopic (exact) mass is 276 g/mol. The van der Waals surface area contributed by atoms with Crippen LogP contribution in [0.5, 0.6) is 5.75 Å². The summed E-state index contributed by atoms with van der Waals surface area (Å²) in [5.74, 6) is 1.33. The standard InChI is InChI=1S/C16H24N2O2/c1-3-20-15-9-8-13(10-14(15)17)16(19)18(2)11-12-6-4-5-7-12/h8-10,12H,3-7,11,17H2,1-2H3. The van der Waals surface area contributed by atoms with Gasteiger partial charge in [0.25, 0.3) is 5.91 Å². The number of anilines is 1. The second-order valence-corrected chi connectivity index (χ2v) is 5.52. The van der Waals surface area contributed by atoms with Crippen LogP contribution in [0.15, 0.2) is 18.2 Å². The molecule has 0 bridgehead atoms. The summed E-state index contributed by atoms with van der Waals surface area (Å²) in [6.07, 6.45) is 5.07. The van der Waals surface area contributed by atoms with Crippen LogP contribution in [0.25, 0.3) is 0 Å². The number of hydrogen-bond donors (Lipinski definition) is 1. The Bertz CT molecular complexity index is 468. The van der Waals surface area contributed by atoms with Gasteiger partial charge in [-0.1, -0.05) is 12.8 Å². The number of rotatable bonds is 5. The summed E-state index contributed by atoms with van der Waals surface area (Å²) in [7, 11) is 1.87. The van der Waals surface area contributed by atoms with E-state index in [4.69, 9.17) is 10.5 Å². The largest absolute Gasteiger partial charge is 0.492 e. The van der Waals surface area contributed by atoms with E-state index in [1.165, 1.54) is 25.7 Å². The molecule has 1 saturated carbocycles. The summed E-state index contributed by atoms with van der Waals surface area (Å²) in [6, 6.07) is 5.27. The lowest BCUT2D eigenvalue weighted by Gasteiger charge is -2.21. The molecule has 110 valence electrons. The first-order valence-electron chi connectivity index (χ1n) is 7.39. The molecule has 1 aliphatic carbocycles. The van der Waals surface area contributed by atoms with Crippen molar-refractivity contribution in [3.63, 3.8) is 0 Å². The Balaban J connectivity index is 2.02. The maximum Gasteiger partial charge on any atom is 0.253 e. The Morgan fingerprint density at radius 1 is 1.40 bits per heavy atom. The molecule has 0 spiro atoms. The van der Waals surface area contributed by atoms with Crippen LogP contribution < -0.4 is 10.5 Å². The first-order chi connectivity index (χ1) is 9.61. The van der Waals surface area contributed by atoms with Crippen LogP contribution in [-0.4, -0.2) is 31.0 Å². The third kappa shape index (κ3) is 3.44. The number of carbonyl (C=O) groups excluding carboxylic acids is 1. The highest BCUT2D eigenvalue weighted by molar-refractivity contribution is 5.95. The van der Waals surface area contributed by atoms with Crippen LogP contribution >= 0.6 is 0 Å². The highest BCUT2D eigenvalue weighted by Gasteiger charge is 2.20. The molecule has 0 unspecified atom stereocenters. The molecule has 0 heterocycles. The Labute approximate surface area is 120 Å². The van der Waals surface area contributed by atoms with Crippen LogP contribution in [0.3, 0.4) is 0 Å². The third-order valence-corrected chi connectivity index (χ3v) is 3.91. The van der Waals surface area contributed by atoms with Gasteiger partial charge in [-0.15, -0.1) is 0 Å². The van der Waals surface area contributed by atoms with E-state index in [1.807, 2.05) is 18.9 Å². The predicted octanol–water partition coefficient (Wildman–Crippen LogP) is 2.93. The topological polar surface area (TPSA) is 55.6 Å². The summed E-state index contributed by atoms with van der Waals surface area (Å²) in [4.78, 5) is 14.2. The maximum absolute atomic E-state index is 12.4. The molecule has 0 aromatic heterocycles. The molecule has 0 atom stereocenters. The number of nitrogens with zero attached hydrogens (tertiary/aromatic N) is 1. The van der Waals surface area contributed by atoms with Crippen molar-refractivity contribution in [2.45, 2.75) is 32.6 Å². The summed E-state index contributed by atoms with van der Waals surface area (Å²) in [5, 5.41) is 0. The van der Waals surface area contributed by atoms with E-state index in [0.29, 0.717) is 29.5 Å². The lowest BCUT2D eigenvalue weighted by molar-refractivity contribution is 0.0773. The minimum Gasteiger partial charge on any atom is -0.492 e. The minimum absolute atomic E-state index is 0.0339. The molecule has 1 aromatic rings. The SMILES string of the molecule is CCOc1ccc(C(=O)N(C)CC2CCCC2)cc1N. The lowest BCUT2D eigenvalue weighted by atomic mass is 10.1. The number of ether oxygens (including phenoxy) is 1. The van der Waals surface area contributed by atoms with Gasteiger partial charge in [-0.05, 0) is 43.9 Å². The molecule has 1 amide bonds. The average molecular weight is 276 g/mol. The summed E-state index contributed by atoms with van der Waals surface area (Å²) < 4.78 is 5.39. The molecule has 4 heteroatoms. The highest BCUT2D eigenvalue weighted by Crippen LogP contribution is 2.26. The van der Waals surface area contributed by atoms with Gasteiger partial charge in [0.15, 0.2) is 0 Å². The van der Waals surface area contributed by atoms with Gasteiger partial charge < -0.3 is 15.4 Å². The van der Waals surface area contributed by atoms with E-state index in [-0.39, 0.29) is 5.91 Å². The first kappa shape index (κ1) is 14.7. The molecule has 1 aromatic carbocycles. The van der Waals surface area contributed by atoms with Gasteiger partial charge in [0, 0.05) is 19.2 Å². The van der Waals surface area contributed by atoms with Crippen molar-refractivity contribution < 1.29 is 9.53 Å². The lowest BCUT2D eigenvalue weighted by Crippen LogP contribution is -2.31. The molecule has 20 heavy (non-hydrogen) atoms. The Hall–Kier alpha value is -1.71. The summed E-state index contributed by atoms with van der Waals surface area (Å²) in [6.45, 7) is 3.32. The minimum atomic E-state index is 0.0339. The normalized spacial score (nSPS) is 15.3. The molecule has 1 aliphatic rings. The molecular weight excluding hydrogens is 252 g/mol. The van der Waals surface area contributed by atoms with E-state index in [0.717, 1.165) is 6.54 Å². The van der Waals surface area contributed by atoms with Crippen LogP contribution in [-0.2, 0) is 0 Å². The quantitative estimate of drug-likeness (QED) is 0.841. The fraction of sp³-hybridized carbons (Fsp3) is 0.562. The molecule has 1 fully saturated rings. The smallest absolute Gasteiger partial charge is 0.253 e. The van der Waals surface area contributed by atoms with Crippen LogP contribution in [0.2, 0.25) is 0 Å². The zero-order chi connectivity index (χ0) is 14.5. The molecule has 0 aliphatic heterocycles. The molecule has 2 rings (SSSR count). The van der Waals surface area contributed by atoms with E-state index >= 15 is 0 Å². The first-order valence-corrected chi connectivity index (χ1v) is 7.39. The number of hydrogen-bond acceptors (Lipinski definition) is 3. The maximum atomic E-state index is 12.4. The summed E-state index contributed by atoms with van der Waals surface area (Å²) >= 11 is 0. The van der Waals surface area contributed by atoms with Crippen molar-refractivity contribution in [1.29, 1.82) is 0 Å². The number of amides is 1. The van der Waals surface area contributed by atoms with Crippen LogP contribution in [0.1, 0.15) is 43.0 Å². The fourth-order valence-electron chi connectivity index (χ4n) is 2.85. The van der Waals surface area contributed by atoms with Crippen molar-refractivity contribution in [3.8, 4) is 5.75 Å². The average Bonchev–Trinajstić information content (AvgIpc) is 2.93. The van der Waals surface area contributed by atoms with Crippen LogP contribution in [0, 0.1) is 5.92 Å². The Kier molecular flexibility index (Phi) is 4.88. The van der Waals surface area contributed by atoms with Gasteiger partial charge in [-0.3, -0.25) is 4.79 Å². The molecular formula is C16H24N2O2. The number of benzene rings is 1. The van der Waals surface area contributed by atoms with E-state index in [9.17, 15) is 4.79 Å². The van der Waals surface area contributed by atoms with Gasteiger partial charge in [0.05, 0.1) is 12.3 Å². The van der Waals surface area contributed by atoms with Crippen molar-refractivity contribution in [2.75, 3.05) is 25.9 Å². The van der Waals surface area contributed by atoms with Crippen molar-refractivity contribution in [2.24, 2.45) is 5.92 Å². The van der Waals surface area contributed by atoms with Gasteiger partial charge in [0.1, 0.15) is 5.75 Å². The van der Waals surface area contributed by atoms with E-state index in [2.05, 4.69) is 0 Å². The predicted molar refractivity (Wildman–Crippen MR) is 80.9 cm³/mol. The second kappa shape index (κ2) is 6.64. The molecule has 2 N–H and O–H groups in total. The third-order valence-electron chi connectivity index (χ3n) is 3.91. The fourth-order valence-corrected chi connectivity index (χ4v) is 2.85. The van der Waals surface area contributed by atoms with Gasteiger partial charge in [-0.25, -0.2) is 0 Å². The van der Waals surface area contributed by atoms with Gasteiger partial charge in [0.2, 0.25) is 0 Å². The van der Waals surface area contributed by atoms with Gasteiger partial charge >= 0.3 is 0 Å². The second-order valence-electron chi connectivity index (χ2n) is 5.52. The number of carbonyl (C=O) groups is 1. The van der Waals surface area contributed by atoms with Crippen molar-refractivity contribution in [3.05, 3.63) is 23.8 Å². The molecule has 0 saturated heterocycles. The zero-order valence-electron chi connectivity index (χ0n) is 12.4. The van der Waals surface area contributed by atoms with Crippen molar-refractivity contribution in [1.82, 2.24) is 4.90 Å². The number of nitrogens with two attached hydrogens (primary N) is 1. The van der Waals surface area contributed by atoms with Crippen LogP contribution in [0.4, 0.5) is 5.69 Å². The van der Waals surface area contributed by atoms with E-state index in [1.54, 1.807) is 18.2 Å². The summed E-state index contributed by atoms with van der Waals surface area (Å²) in [5.41, 5.74) is 7.06. The van der Waals surface area contributed by atoms with Crippen molar-refractivity contribution >= 4 is 11.6 Å². The molecule has 0 radical (unpaired) electrons. The Morgan fingerprint density at radius 2 is 2.10 bits per heavy atom. The zero-order valence-corrected chi connectivity index (χ0v) is 12.4. The van der Waals surface area contributed by atoms with Gasteiger partial charge in [-0.2, -0.15) is 0 Å². The molecule has 4 nitrogen and oxygen atoms in total. The number of nitrogen functional groups attached to an aromatic ring is 1.